The normalized spacial score (nSPS) is 21.3. The second-order valence-corrected chi connectivity index (χ2v) is 5.21. The fourth-order valence-electron chi connectivity index (χ4n) is 2.87. The molecule has 1 aliphatic heterocycles. The van der Waals surface area contributed by atoms with E-state index in [0.29, 0.717) is 12.6 Å². The van der Waals surface area contributed by atoms with Gasteiger partial charge in [0.05, 0.1) is 12.0 Å². The summed E-state index contributed by atoms with van der Waals surface area (Å²) in [6.45, 7) is 5.68. The van der Waals surface area contributed by atoms with Crippen LogP contribution in [-0.2, 0) is 13.1 Å². The number of rotatable bonds is 6. The summed E-state index contributed by atoms with van der Waals surface area (Å²) in [5.74, 6) is 0. The van der Waals surface area contributed by atoms with Gasteiger partial charge in [-0.05, 0) is 32.2 Å². The standard InChI is InChI=1S/C14H25N3O/c1-2-7-17-12-15-10-14(17)11-16-8-4-3-5-13(16)6-9-18/h10,12-13,18H,2-9,11H2,1H3. The van der Waals surface area contributed by atoms with Crippen molar-refractivity contribution in [1.29, 1.82) is 0 Å². The third kappa shape index (κ3) is 3.33. The summed E-state index contributed by atoms with van der Waals surface area (Å²) in [6, 6.07) is 0.550. The van der Waals surface area contributed by atoms with E-state index in [2.05, 4.69) is 21.4 Å². The number of likely N-dealkylation sites (tertiary alicyclic amines) is 1. The van der Waals surface area contributed by atoms with E-state index in [0.717, 1.165) is 32.5 Å². The zero-order valence-corrected chi connectivity index (χ0v) is 11.4. The van der Waals surface area contributed by atoms with Crippen molar-refractivity contribution >= 4 is 0 Å². The van der Waals surface area contributed by atoms with Crippen LogP contribution in [0.3, 0.4) is 0 Å². The van der Waals surface area contributed by atoms with Crippen molar-refractivity contribution in [2.45, 2.75) is 58.2 Å². The van der Waals surface area contributed by atoms with Gasteiger partial charge >= 0.3 is 0 Å². The van der Waals surface area contributed by atoms with Gasteiger partial charge in [-0.1, -0.05) is 13.3 Å². The molecule has 18 heavy (non-hydrogen) atoms. The van der Waals surface area contributed by atoms with Gasteiger partial charge in [-0.25, -0.2) is 4.98 Å². The van der Waals surface area contributed by atoms with Crippen LogP contribution in [-0.4, -0.2) is 38.8 Å². The molecule has 1 unspecified atom stereocenters. The molecule has 0 amide bonds. The first-order valence-electron chi connectivity index (χ1n) is 7.19. The number of hydrogen-bond acceptors (Lipinski definition) is 3. The number of aliphatic hydroxyl groups is 1. The summed E-state index contributed by atoms with van der Waals surface area (Å²) >= 11 is 0. The van der Waals surface area contributed by atoms with Crippen LogP contribution in [0.2, 0.25) is 0 Å². The summed E-state index contributed by atoms with van der Waals surface area (Å²) < 4.78 is 2.25. The molecule has 0 bridgehead atoms. The van der Waals surface area contributed by atoms with Crippen LogP contribution < -0.4 is 0 Å². The van der Waals surface area contributed by atoms with Crippen LogP contribution >= 0.6 is 0 Å². The van der Waals surface area contributed by atoms with Gasteiger partial charge in [0.15, 0.2) is 0 Å². The van der Waals surface area contributed by atoms with E-state index in [1.807, 2.05) is 12.5 Å². The number of hydrogen-bond donors (Lipinski definition) is 1. The average Bonchev–Trinajstić information content (AvgIpc) is 2.80. The highest BCUT2D eigenvalue weighted by Gasteiger charge is 2.22. The molecule has 0 aliphatic carbocycles. The highest BCUT2D eigenvalue weighted by atomic mass is 16.3. The molecular weight excluding hydrogens is 226 g/mol. The third-order valence-electron chi connectivity index (χ3n) is 3.84. The van der Waals surface area contributed by atoms with Crippen LogP contribution in [0.4, 0.5) is 0 Å². The monoisotopic (exact) mass is 251 g/mol. The van der Waals surface area contributed by atoms with Crippen LogP contribution in [0.1, 0.15) is 44.7 Å². The number of aryl methyl sites for hydroxylation is 1. The number of piperidine rings is 1. The largest absolute Gasteiger partial charge is 0.396 e. The van der Waals surface area contributed by atoms with Crippen LogP contribution in [0.15, 0.2) is 12.5 Å². The molecule has 1 fully saturated rings. The maximum Gasteiger partial charge on any atom is 0.0948 e. The van der Waals surface area contributed by atoms with E-state index in [-0.39, 0.29) is 0 Å². The summed E-state index contributed by atoms with van der Waals surface area (Å²) in [4.78, 5) is 6.78. The van der Waals surface area contributed by atoms with Crippen LogP contribution in [0, 0.1) is 0 Å². The molecule has 0 saturated carbocycles. The quantitative estimate of drug-likeness (QED) is 0.841. The average molecular weight is 251 g/mol. The molecule has 4 nitrogen and oxygen atoms in total. The molecule has 0 aromatic carbocycles. The highest BCUT2D eigenvalue weighted by molar-refractivity contribution is 4.99. The Balaban J connectivity index is 1.99. The molecule has 0 spiro atoms. The van der Waals surface area contributed by atoms with Gasteiger partial charge in [0.2, 0.25) is 0 Å². The summed E-state index contributed by atoms with van der Waals surface area (Å²) in [5, 5.41) is 9.16. The molecule has 1 N–H and O–H groups in total. The van der Waals surface area contributed by atoms with Crippen molar-refractivity contribution in [3.8, 4) is 0 Å². The molecule has 2 heterocycles. The maximum atomic E-state index is 9.16. The summed E-state index contributed by atoms with van der Waals surface area (Å²) in [6.07, 6.45) is 9.77. The van der Waals surface area contributed by atoms with Gasteiger partial charge < -0.3 is 9.67 Å². The second kappa shape index (κ2) is 6.90. The first kappa shape index (κ1) is 13.6. The van der Waals surface area contributed by atoms with Crippen molar-refractivity contribution in [2.75, 3.05) is 13.2 Å². The van der Waals surface area contributed by atoms with Gasteiger partial charge in [-0.3, -0.25) is 4.90 Å². The molecule has 1 atom stereocenters. The van der Waals surface area contributed by atoms with E-state index >= 15 is 0 Å². The highest BCUT2D eigenvalue weighted by Crippen LogP contribution is 2.21. The molecule has 1 saturated heterocycles. The minimum Gasteiger partial charge on any atom is -0.396 e. The Kier molecular flexibility index (Phi) is 5.20. The predicted molar refractivity (Wildman–Crippen MR) is 72.3 cm³/mol. The molecule has 102 valence electrons. The molecule has 2 rings (SSSR count). The number of imidazole rings is 1. The topological polar surface area (TPSA) is 41.3 Å². The van der Waals surface area contributed by atoms with E-state index in [9.17, 15) is 0 Å². The zero-order valence-electron chi connectivity index (χ0n) is 11.4. The van der Waals surface area contributed by atoms with E-state index < -0.39 is 0 Å². The van der Waals surface area contributed by atoms with Crippen molar-refractivity contribution in [2.24, 2.45) is 0 Å². The molecule has 0 radical (unpaired) electrons. The number of aromatic nitrogens is 2. The molecule has 1 aromatic heterocycles. The Morgan fingerprint density at radius 2 is 2.33 bits per heavy atom. The fraction of sp³-hybridized carbons (Fsp3) is 0.786. The Morgan fingerprint density at radius 3 is 3.11 bits per heavy atom. The second-order valence-electron chi connectivity index (χ2n) is 5.21. The van der Waals surface area contributed by atoms with Crippen molar-refractivity contribution in [3.63, 3.8) is 0 Å². The Bertz CT molecular complexity index is 349. The fourth-order valence-corrected chi connectivity index (χ4v) is 2.87. The lowest BCUT2D eigenvalue weighted by atomic mass is 9.99. The third-order valence-corrected chi connectivity index (χ3v) is 3.84. The Hall–Kier alpha value is -0.870. The van der Waals surface area contributed by atoms with Crippen molar-refractivity contribution in [3.05, 3.63) is 18.2 Å². The minimum absolute atomic E-state index is 0.301. The van der Waals surface area contributed by atoms with Crippen molar-refractivity contribution in [1.82, 2.24) is 14.5 Å². The summed E-state index contributed by atoms with van der Waals surface area (Å²) in [5.41, 5.74) is 1.31. The van der Waals surface area contributed by atoms with E-state index in [1.165, 1.54) is 25.0 Å². The van der Waals surface area contributed by atoms with Gasteiger partial charge in [-0.15, -0.1) is 0 Å². The summed E-state index contributed by atoms with van der Waals surface area (Å²) in [7, 11) is 0. The van der Waals surface area contributed by atoms with E-state index in [1.54, 1.807) is 0 Å². The molecular formula is C14H25N3O. The molecule has 1 aromatic rings. The number of aliphatic hydroxyl groups excluding tert-OH is 1. The van der Waals surface area contributed by atoms with Gasteiger partial charge in [-0.2, -0.15) is 0 Å². The SMILES string of the molecule is CCCn1cncc1CN1CCCCC1CCO. The molecule has 1 aliphatic rings. The van der Waals surface area contributed by atoms with Gasteiger partial charge in [0.1, 0.15) is 0 Å². The Morgan fingerprint density at radius 1 is 1.44 bits per heavy atom. The minimum atomic E-state index is 0.301. The first-order chi connectivity index (χ1) is 8.85. The smallest absolute Gasteiger partial charge is 0.0948 e. The molecule has 4 heteroatoms. The zero-order chi connectivity index (χ0) is 12.8. The lowest BCUT2D eigenvalue weighted by Crippen LogP contribution is -2.39. The van der Waals surface area contributed by atoms with Gasteiger partial charge in [0, 0.05) is 31.9 Å². The van der Waals surface area contributed by atoms with Gasteiger partial charge in [0.25, 0.3) is 0 Å². The lowest BCUT2D eigenvalue weighted by Gasteiger charge is -2.35. The maximum absolute atomic E-state index is 9.16. The predicted octanol–water partition coefficient (Wildman–Crippen LogP) is 2.03. The van der Waals surface area contributed by atoms with Crippen LogP contribution in [0.25, 0.3) is 0 Å². The Labute approximate surface area is 110 Å². The van der Waals surface area contributed by atoms with E-state index in [4.69, 9.17) is 5.11 Å². The lowest BCUT2D eigenvalue weighted by molar-refractivity contribution is 0.110. The van der Waals surface area contributed by atoms with Crippen LogP contribution in [0.5, 0.6) is 0 Å². The first-order valence-corrected chi connectivity index (χ1v) is 7.19. The number of nitrogens with zero attached hydrogens (tertiary/aromatic N) is 3. The van der Waals surface area contributed by atoms with Crippen molar-refractivity contribution < 1.29 is 5.11 Å².